The molecule has 0 saturated carbocycles. The Morgan fingerprint density at radius 3 is 2.56 bits per heavy atom. The molecule has 0 radical (unpaired) electrons. The van der Waals surface area contributed by atoms with Gasteiger partial charge in [0.2, 0.25) is 16.9 Å². The molecule has 1 N–H and O–H groups in total. The smallest absolute Gasteiger partial charge is 0.295 e. The molecule has 0 bridgehead atoms. The van der Waals surface area contributed by atoms with Gasteiger partial charge in [-0.1, -0.05) is 0 Å². The summed E-state index contributed by atoms with van der Waals surface area (Å²) in [7, 11) is 6.11. The summed E-state index contributed by atoms with van der Waals surface area (Å²) >= 11 is 0. The van der Waals surface area contributed by atoms with Crippen molar-refractivity contribution >= 4 is 22.5 Å². The zero-order valence-corrected chi connectivity index (χ0v) is 14.9. The molecule has 6 nitrogen and oxygen atoms in total. The van der Waals surface area contributed by atoms with E-state index in [0.717, 1.165) is 48.7 Å². The number of aromatic nitrogens is 1. The van der Waals surface area contributed by atoms with Crippen LogP contribution in [0.25, 0.3) is 22.6 Å². The molecule has 0 aromatic heterocycles. The number of H-pyrrole nitrogens is 1. The van der Waals surface area contributed by atoms with Crippen molar-refractivity contribution in [2.45, 2.75) is 0 Å². The molecule has 2 heterocycles. The quantitative estimate of drug-likeness (QED) is 0.663. The van der Waals surface area contributed by atoms with E-state index in [4.69, 9.17) is 4.42 Å². The van der Waals surface area contributed by atoms with E-state index in [-0.39, 0.29) is 5.43 Å². The van der Waals surface area contributed by atoms with Crippen LogP contribution < -0.4 is 20.2 Å². The van der Waals surface area contributed by atoms with Crippen molar-refractivity contribution in [2.75, 3.05) is 57.1 Å². The second-order valence-corrected chi connectivity index (χ2v) is 6.91. The van der Waals surface area contributed by atoms with Crippen LogP contribution in [0, 0.1) is 0 Å². The molecule has 1 aliphatic carbocycles. The maximum Gasteiger partial charge on any atom is 0.295 e. The third kappa shape index (κ3) is 2.93. The van der Waals surface area contributed by atoms with Gasteiger partial charge in [0, 0.05) is 75.9 Å². The summed E-state index contributed by atoms with van der Waals surface area (Å²) in [6.07, 6.45) is 0. The van der Waals surface area contributed by atoms with Crippen LogP contribution in [-0.2, 0) is 0 Å². The normalized spacial score (nSPS) is 15.9. The van der Waals surface area contributed by atoms with E-state index in [9.17, 15) is 4.79 Å². The predicted molar refractivity (Wildman–Crippen MR) is 99.7 cm³/mol. The molecule has 0 atom stereocenters. The topological polar surface area (TPSA) is 54.1 Å². The van der Waals surface area contributed by atoms with E-state index in [1.165, 1.54) is 0 Å². The van der Waals surface area contributed by atoms with E-state index >= 15 is 0 Å². The molecule has 130 valence electrons. The number of likely N-dealkylation sites (N-methyl/N-ethyl adjacent to an activating group) is 1. The van der Waals surface area contributed by atoms with Gasteiger partial charge in [0.1, 0.15) is 0 Å². The second kappa shape index (κ2) is 6.04. The third-order valence-electron chi connectivity index (χ3n) is 4.88. The fraction of sp³-hybridized carbons (Fsp3) is 0.368. The highest BCUT2D eigenvalue weighted by Gasteiger charge is 2.23. The van der Waals surface area contributed by atoms with Gasteiger partial charge in [0.25, 0.3) is 11.1 Å². The van der Waals surface area contributed by atoms with Crippen LogP contribution in [0.2, 0.25) is 0 Å². The molecule has 4 rings (SSSR count). The van der Waals surface area contributed by atoms with Gasteiger partial charge in [-0.05, 0) is 13.1 Å². The fourth-order valence-electron chi connectivity index (χ4n) is 3.26. The first-order chi connectivity index (χ1) is 12.0. The number of nitrogens with zero attached hydrogens (tertiary/aromatic N) is 3. The maximum atomic E-state index is 12.6. The molecule has 0 unspecified atom stereocenters. The number of anilines is 2. The fourth-order valence-corrected chi connectivity index (χ4v) is 3.26. The summed E-state index contributed by atoms with van der Waals surface area (Å²) in [5, 5.41) is 0. The van der Waals surface area contributed by atoms with Crippen LogP contribution in [0.3, 0.4) is 0 Å². The molecule has 6 heteroatoms. The van der Waals surface area contributed by atoms with Crippen LogP contribution in [0.5, 0.6) is 0 Å². The number of hydrogen-bond donors (Lipinski definition) is 0. The highest BCUT2D eigenvalue weighted by atomic mass is 16.3. The summed E-state index contributed by atoms with van der Waals surface area (Å²) in [5.74, 6) is 0.602. The van der Waals surface area contributed by atoms with Crippen LogP contribution in [0.4, 0.5) is 11.4 Å². The molecule has 0 amide bonds. The molecule has 3 aliphatic rings. The number of piperazine rings is 1. The van der Waals surface area contributed by atoms with Crippen LogP contribution in [0.15, 0.2) is 39.5 Å². The largest absolute Gasteiger partial charge is 0.443 e. The average molecular weight is 339 g/mol. The molecule has 1 aromatic rings. The highest BCUT2D eigenvalue weighted by Crippen LogP contribution is 2.26. The third-order valence-corrected chi connectivity index (χ3v) is 4.88. The minimum Gasteiger partial charge on any atom is -0.443 e. The number of aromatic amines is 1. The Balaban J connectivity index is 1.82. The molecular formula is C19H23N4O2+. The van der Waals surface area contributed by atoms with E-state index in [2.05, 4.69) is 21.8 Å². The number of hydrogen-bond acceptors (Lipinski definition) is 5. The maximum absolute atomic E-state index is 12.6. The molecule has 2 aliphatic heterocycles. The minimum atomic E-state index is -0.0336. The van der Waals surface area contributed by atoms with Gasteiger partial charge >= 0.3 is 0 Å². The summed E-state index contributed by atoms with van der Waals surface area (Å²) in [5.41, 5.74) is 4.04. The van der Waals surface area contributed by atoms with Crippen molar-refractivity contribution < 1.29 is 9.40 Å². The standard InChI is InChI=1S/C19H22N4O2/c1-21(2)13-4-5-15-17(11-13)25-18-12-14(10-16(24)19(18)20-15)23-8-6-22(3)7-9-23/h4-5,10-12H,6-9H2,1-3H3/p+1. The molecule has 1 aromatic carbocycles. The van der Waals surface area contributed by atoms with Crippen molar-refractivity contribution in [2.24, 2.45) is 0 Å². The Morgan fingerprint density at radius 2 is 1.84 bits per heavy atom. The Morgan fingerprint density at radius 1 is 1.08 bits per heavy atom. The molecule has 1 saturated heterocycles. The van der Waals surface area contributed by atoms with Gasteiger partial charge in [-0.25, -0.2) is 0 Å². The first-order valence-electron chi connectivity index (χ1n) is 8.56. The first-order valence-corrected chi connectivity index (χ1v) is 8.56. The highest BCUT2D eigenvalue weighted by molar-refractivity contribution is 5.76. The molecule has 1 fully saturated rings. The zero-order valence-electron chi connectivity index (χ0n) is 14.9. The van der Waals surface area contributed by atoms with Crippen molar-refractivity contribution in [1.82, 2.24) is 4.90 Å². The predicted octanol–water partition coefficient (Wildman–Crippen LogP) is 1.53. The van der Waals surface area contributed by atoms with Gasteiger partial charge in [-0.3, -0.25) is 4.79 Å². The number of fused-ring (bicyclic) bond motifs is 2. The van der Waals surface area contributed by atoms with Crippen LogP contribution in [0.1, 0.15) is 0 Å². The van der Waals surface area contributed by atoms with Gasteiger partial charge in [0.15, 0.2) is 0 Å². The first kappa shape index (κ1) is 15.9. The monoisotopic (exact) mass is 339 g/mol. The Kier molecular flexibility index (Phi) is 3.84. The van der Waals surface area contributed by atoms with Gasteiger partial charge in [-0.15, -0.1) is 0 Å². The lowest BCUT2D eigenvalue weighted by atomic mass is 10.1. The Bertz CT molecular complexity index is 942. The van der Waals surface area contributed by atoms with Crippen molar-refractivity contribution in [1.29, 1.82) is 0 Å². The Hall–Kier alpha value is -2.60. The summed E-state index contributed by atoms with van der Waals surface area (Å²) in [6.45, 7) is 3.84. The lowest BCUT2D eigenvalue weighted by Crippen LogP contribution is -2.44. The zero-order chi connectivity index (χ0) is 17.6. The average Bonchev–Trinajstić information content (AvgIpc) is 2.60. The van der Waals surface area contributed by atoms with E-state index in [0.29, 0.717) is 11.5 Å². The van der Waals surface area contributed by atoms with Crippen molar-refractivity contribution in [3.63, 3.8) is 0 Å². The summed E-state index contributed by atoms with van der Waals surface area (Å²) in [6, 6.07) is 9.61. The van der Waals surface area contributed by atoms with Gasteiger partial charge in [0.05, 0.1) is 0 Å². The van der Waals surface area contributed by atoms with Crippen LogP contribution in [-0.4, -0.2) is 52.2 Å². The van der Waals surface area contributed by atoms with E-state index in [1.807, 2.05) is 43.3 Å². The minimum absolute atomic E-state index is 0.0336. The number of rotatable bonds is 2. The number of nitrogens with one attached hydrogen (secondary N) is 1. The molecule has 0 spiro atoms. The van der Waals surface area contributed by atoms with Crippen LogP contribution >= 0.6 is 0 Å². The second-order valence-electron chi connectivity index (χ2n) is 6.91. The van der Waals surface area contributed by atoms with Crippen molar-refractivity contribution in [3.8, 4) is 11.5 Å². The lowest BCUT2D eigenvalue weighted by Gasteiger charge is -2.33. The lowest BCUT2D eigenvalue weighted by molar-refractivity contribution is -0.335. The molecular weight excluding hydrogens is 316 g/mol. The molecule has 25 heavy (non-hydrogen) atoms. The van der Waals surface area contributed by atoms with Gasteiger partial charge < -0.3 is 19.1 Å². The van der Waals surface area contributed by atoms with Gasteiger partial charge in [-0.2, -0.15) is 4.98 Å². The Labute approximate surface area is 146 Å². The van der Waals surface area contributed by atoms with E-state index < -0.39 is 0 Å². The summed E-state index contributed by atoms with van der Waals surface area (Å²) < 4.78 is 6.08. The van der Waals surface area contributed by atoms with E-state index in [1.54, 1.807) is 6.07 Å². The number of benzene rings is 2. The SMILES string of the molecule is CN1CCN(c2cc3oc4cc(N(C)C)ccc4[nH+]c-3c(=O)c2)CC1. The van der Waals surface area contributed by atoms with Crippen molar-refractivity contribution in [3.05, 3.63) is 40.6 Å². The summed E-state index contributed by atoms with van der Waals surface area (Å²) in [4.78, 5) is 22.4.